The summed E-state index contributed by atoms with van der Waals surface area (Å²) < 4.78 is 4.83. The number of ketones is 1. The SMILES string of the molecule is CCOC(=O)C(=[N+]=[N-])C(=O)C12CC3CC(CC(C3)C1)C2. The molecule has 20 heavy (non-hydrogen) atoms. The lowest BCUT2D eigenvalue weighted by atomic mass is 9.48. The Morgan fingerprint density at radius 1 is 1.15 bits per heavy atom. The maximum absolute atomic E-state index is 12.8. The third-order valence-electron chi connectivity index (χ3n) is 5.30. The van der Waals surface area contributed by atoms with E-state index in [2.05, 4.69) is 4.79 Å². The van der Waals surface area contributed by atoms with Crippen LogP contribution in [0.25, 0.3) is 5.53 Å². The van der Waals surface area contributed by atoms with Gasteiger partial charge in [0, 0.05) is 5.41 Å². The van der Waals surface area contributed by atoms with Gasteiger partial charge in [0.05, 0.1) is 6.61 Å². The van der Waals surface area contributed by atoms with Gasteiger partial charge in [-0.2, -0.15) is 4.79 Å². The summed E-state index contributed by atoms with van der Waals surface area (Å²) in [6, 6.07) is 0. The number of carbonyl (C=O) groups excluding carboxylic acids is 2. The predicted octanol–water partition coefficient (Wildman–Crippen LogP) is 2.01. The summed E-state index contributed by atoms with van der Waals surface area (Å²) in [5.74, 6) is 0.723. The van der Waals surface area contributed by atoms with E-state index in [0.717, 1.165) is 19.3 Å². The Bertz CT molecular complexity index is 470. The van der Waals surface area contributed by atoms with Gasteiger partial charge in [-0.25, -0.2) is 4.79 Å². The lowest BCUT2D eigenvalue weighted by molar-refractivity contribution is -0.148. The standard InChI is InChI=1S/C15H20N2O3/c1-2-20-14(19)12(17-16)13(18)15-6-9-3-10(7-15)5-11(4-9)8-15/h9-11H,2-8H2,1H3. The van der Waals surface area contributed by atoms with Crippen molar-refractivity contribution in [3.63, 3.8) is 0 Å². The smallest absolute Gasteiger partial charge is 0.442 e. The molecule has 0 aliphatic heterocycles. The lowest BCUT2D eigenvalue weighted by Crippen LogP contribution is -2.53. The monoisotopic (exact) mass is 276 g/mol. The van der Waals surface area contributed by atoms with Gasteiger partial charge < -0.3 is 10.3 Å². The molecular weight excluding hydrogens is 256 g/mol. The van der Waals surface area contributed by atoms with E-state index in [-0.39, 0.29) is 12.4 Å². The Morgan fingerprint density at radius 2 is 1.65 bits per heavy atom. The van der Waals surface area contributed by atoms with E-state index >= 15 is 0 Å². The molecule has 0 spiro atoms. The summed E-state index contributed by atoms with van der Waals surface area (Å²) in [5.41, 5.74) is 8.18. The molecule has 4 saturated carbocycles. The van der Waals surface area contributed by atoms with Crippen molar-refractivity contribution in [2.75, 3.05) is 6.61 Å². The molecule has 0 aromatic heterocycles. The molecule has 0 aromatic rings. The highest BCUT2D eigenvalue weighted by molar-refractivity contribution is 6.63. The first-order chi connectivity index (χ1) is 9.58. The summed E-state index contributed by atoms with van der Waals surface area (Å²) in [7, 11) is 0. The lowest BCUT2D eigenvalue weighted by Gasteiger charge is -2.55. The second-order valence-electron chi connectivity index (χ2n) is 6.70. The van der Waals surface area contributed by atoms with Crippen molar-refractivity contribution >= 4 is 17.5 Å². The third kappa shape index (κ3) is 2.01. The zero-order valence-corrected chi connectivity index (χ0v) is 11.8. The topological polar surface area (TPSA) is 79.8 Å². The molecule has 0 heterocycles. The number of nitrogens with zero attached hydrogens (tertiary/aromatic N) is 2. The van der Waals surface area contributed by atoms with E-state index in [1.54, 1.807) is 6.92 Å². The predicted molar refractivity (Wildman–Crippen MR) is 70.9 cm³/mol. The van der Waals surface area contributed by atoms with Crippen molar-refractivity contribution < 1.29 is 19.1 Å². The summed E-state index contributed by atoms with van der Waals surface area (Å²) in [6.45, 7) is 1.84. The molecule has 0 unspecified atom stereocenters. The fourth-order valence-corrected chi connectivity index (χ4v) is 5.02. The molecular formula is C15H20N2O3. The largest absolute Gasteiger partial charge is 0.457 e. The van der Waals surface area contributed by atoms with Gasteiger partial charge >= 0.3 is 11.7 Å². The molecule has 5 nitrogen and oxygen atoms in total. The Morgan fingerprint density at radius 3 is 2.05 bits per heavy atom. The minimum atomic E-state index is -0.796. The van der Waals surface area contributed by atoms with Gasteiger partial charge in [0.1, 0.15) is 0 Å². The van der Waals surface area contributed by atoms with E-state index in [1.165, 1.54) is 19.3 Å². The van der Waals surface area contributed by atoms with Crippen LogP contribution < -0.4 is 0 Å². The maximum atomic E-state index is 12.8. The zero-order valence-electron chi connectivity index (χ0n) is 11.8. The minimum Gasteiger partial charge on any atom is -0.457 e. The van der Waals surface area contributed by atoms with Crippen molar-refractivity contribution in [2.24, 2.45) is 23.2 Å². The molecule has 4 aliphatic carbocycles. The number of rotatable bonds is 4. The number of ether oxygens (including phenoxy) is 1. The maximum Gasteiger partial charge on any atom is 0.442 e. The number of carbonyl (C=O) groups is 2. The molecule has 108 valence electrons. The van der Waals surface area contributed by atoms with Crippen LogP contribution in [0.2, 0.25) is 0 Å². The highest BCUT2D eigenvalue weighted by Gasteiger charge is 2.58. The van der Waals surface area contributed by atoms with Crippen LogP contribution in [0.4, 0.5) is 0 Å². The van der Waals surface area contributed by atoms with Crippen molar-refractivity contribution in [1.29, 1.82) is 0 Å². The van der Waals surface area contributed by atoms with Gasteiger partial charge in [-0.1, -0.05) is 0 Å². The van der Waals surface area contributed by atoms with Gasteiger partial charge in [0.15, 0.2) is 0 Å². The average molecular weight is 276 g/mol. The number of Topliss-reactive ketones (excluding diaryl/α,β-unsaturated/α-hetero) is 1. The van der Waals surface area contributed by atoms with E-state index < -0.39 is 17.1 Å². The van der Waals surface area contributed by atoms with Gasteiger partial charge in [0.2, 0.25) is 0 Å². The van der Waals surface area contributed by atoms with Gasteiger partial charge in [0.25, 0.3) is 5.78 Å². The van der Waals surface area contributed by atoms with E-state index in [4.69, 9.17) is 10.3 Å². The second-order valence-corrected chi connectivity index (χ2v) is 6.70. The van der Waals surface area contributed by atoms with Crippen molar-refractivity contribution in [3.05, 3.63) is 5.53 Å². The molecule has 0 saturated heterocycles. The Labute approximate surface area is 118 Å². The third-order valence-corrected chi connectivity index (χ3v) is 5.30. The van der Waals surface area contributed by atoms with Crippen LogP contribution in [-0.4, -0.2) is 28.9 Å². The molecule has 0 aromatic carbocycles. The van der Waals surface area contributed by atoms with Gasteiger partial charge in [-0.15, -0.1) is 0 Å². The van der Waals surface area contributed by atoms with Crippen molar-refractivity contribution in [3.8, 4) is 0 Å². The minimum absolute atomic E-state index is 0.173. The highest BCUT2D eigenvalue weighted by Crippen LogP contribution is 2.60. The summed E-state index contributed by atoms with van der Waals surface area (Å²) in [5, 5.41) is 0. The van der Waals surface area contributed by atoms with Crippen LogP contribution in [0.5, 0.6) is 0 Å². The molecule has 4 rings (SSSR count). The first kappa shape index (κ1) is 13.5. The molecule has 5 heteroatoms. The van der Waals surface area contributed by atoms with Crippen LogP contribution in [-0.2, 0) is 14.3 Å². The zero-order chi connectivity index (χ0) is 14.3. The first-order valence-electron chi connectivity index (χ1n) is 7.52. The molecule has 0 amide bonds. The van der Waals surface area contributed by atoms with Crippen molar-refractivity contribution in [2.45, 2.75) is 45.4 Å². The van der Waals surface area contributed by atoms with E-state index in [0.29, 0.717) is 17.8 Å². The van der Waals surface area contributed by atoms with Crippen LogP contribution in [0.1, 0.15) is 45.4 Å². The first-order valence-corrected chi connectivity index (χ1v) is 7.52. The van der Waals surface area contributed by atoms with E-state index in [9.17, 15) is 9.59 Å². The Hall–Kier alpha value is -1.48. The van der Waals surface area contributed by atoms with Crippen molar-refractivity contribution in [1.82, 2.24) is 0 Å². The fraction of sp³-hybridized carbons (Fsp3) is 0.800. The molecule has 4 aliphatic rings. The number of esters is 1. The normalized spacial score (nSPS) is 37.4. The number of hydrogen-bond donors (Lipinski definition) is 0. The highest BCUT2D eigenvalue weighted by atomic mass is 16.5. The molecule has 4 bridgehead atoms. The van der Waals surface area contributed by atoms with Crippen LogP contribution >= 0.6 is 0 Å². The van der Waals surface area contributed by atoms with E-state index in [1.807, 2.05) is 0 Å². The average Bonchev–Trinajstić information content (AvgIpc) is 2.38. The summed E-state index contributed by atoms with van der Waals surface area (Å²) in [4.78, 5) is 27.5. The molecule has 4 fully saturated rings. The molecule has 0 radical (unpaired) electrons. The second kappa shape index (κ2) is 4.81. The fourth-order valence-electron chi connectivity index (χ4n) is 5.02. The van der Waals surface area contributed by atoms with Crippen LogP contribution in [0, 0.1) is 23.2 Å². The quantitative estimate of drug-likeness (QED) is 0.259. The Balaban J connectivity index is 1.86. The van der Waals surface area contributed by atoms with Crippen LogP contribution in [0.3, 0.4) is 0 Å². The van der Waals surface area contributed by atoms with Crippen LogP contribution in [0.15, 0.2) is 0 Å². The van der Waals surface area contributed by atoms with Gasteiger partial charge in [-0.3, -0.25) is 4.79 Å². The summed E-state index contributed by atoms with van der Waals surface area (Å²) in [6.07, 6.45) is 6.19. The molecule has 0 atom stereocenters. The van der Waals surface area contributed by atoms with Gasteiger partial charge in [-0.05, 0) is 63.2 Å². The molecule has 0 N–H and O–H groups in total. The summed E-state index contributed by atoms with van der Waals surface area (Å²) >= 11 is 0. The number of hydrogen-bond acceptors (Lipinski definition) is 3. The Kier molecular flexibility index (Phi) is 3.25.